The maximum atomic E-state index is 9.59. The zero-order chi connectivity index (χ0) is 6.57. The highest BCUT2D eigenvalue weighted by molar-refractivity contribution is 4.45. The fourth-order valence-electron chi connectivity index (χ4n) is 0.407. The topological polar surface area (TPSA) is 58.7 Å². The second-order valence-corrected chi connectivity index (χ2v) is 2.10. The molecule has 0 unspecified atom stereocenters. The van der Waals surface area contributed by atoms with Crippen LogP contribution in [-0.4, -0.2) is 11.7 Å². The van der Waals surface area contributed by atoms with Crippen LogP contribution in [0, 0.1) is 10.8 Å². The quantitative estimate of drug-likeness (QED) is 0.332. The van der Waals surface area contributed by atoms with Crippen molar-refractivity contribution < 1.29 is 0 Å². The highest BCUT2D eigenvalue weighted by atomic mass is 16.3. The summed E-state index contributed by atoms with van der Waals surface area (Å²) in [6.07, 6.45) is 0. The van der Waals surface area contributed by atoms with Crippen LogP contribution in [0.25, 0.3) is 0 Å². The summed E-state index contributed by atoms with van der Waals surface area (Å²) in [7, 11) is 0. The van der Waals surface area contributed by atoms with Crippen LogP contribution in [-0.2, 0) is 0 Å². The molecule has 0 saturated carbocycles. The van der Waals surface area contributed by atoms with Crippen molar-refractivity contribution in [3.05, 3.63) is 4.91 Å². The minimum atomic E-state index is 0.387. The Hall–Kier alpha value is -0.640. The summed E-state index contributed by atoms with van der Waals surface area (Å²) in [5.74, 6) is 5.41. The number of nitroso groups, excluding NO2 is 1. The van der Waals surface area contributed by atoms with E-state index in [4.69, 9.17) is 5.84 Å². The summed E-state index contributed by atoms with van der Waals surface area (Å²) < 4.78 is 0. The smallest absolute Gasteiger partial charge is 0.0682 e. The van der Waals surface area contributed by atoms with E-state index in [0.717, 1.165) is 5.12 Å². The number of rotatable bonds is 3. The Bertz CT molecular complexity index is 73.7. The van der Waals surface area contributed by atoms with Gasteiger partial charge in [-0.1, -0.05) is 13.8 Å². The van der Waals surface area contributed by atoms with Crippen molar-refractivity contribution >= 4 is 0 Å². The number of hydrogen-bond donors (Lipinski definition) is 1. The first-order chi connectivity index (χ1) is 3.66. The monoisotopic (exact) mass is 117 g/mol. The van der Waals surface area contributed by atoms with E-state index in [1.54, 1.807) is 0 Å². The Morgan fingerprint density at radius 3 is 2.38 bits per heavy atom. The van der Waals surface area contributed by atoms with Gasteiger partial charge in [-0.05, 0) is 5.92 Å². The summed E-state index contributed by atoms with van der Waals surface area (Å²) >= 11 is 0. The van der Waals surface area contributed by atoms with E-state index in [2.05, 4.69) is 5.29 Å². The molecule has 8 heavy (non-hydrogen) atoms. The van der Waals surface area contributed by atoms with Crippen LogP contribution in [0.1, 0.15) is 13.8 Å². The van der Waals surface area contributed by atoms with Crippen molar-refractivity contribution in [2.24, 2.45) is 17.0 Å². The van der Waals surface area contributed by atoms with Crippen molar-refractivity contribution in [1.29, 1.82) is 0 Å². The van der Waals surface area contributed by atoms with Crippen molar-refractivity contribution in [2.45, 2.75) is 13.8 Å². The molecule has 0 heterocycles. The lowest BCUT2D eigenvalue weighted by atomic mass is 10.2. The van der Waals surface area contributed by atoms with Gasteiger partial charge in [0.25, 0.3) is 0 Å². The van der Waals surface area contributed by atoms with Gasteiger partial charge in [-0.25, -0.2) is 5.84 Å². The van der Waals surface area contributed by atoms with E-state index in [1.807, 2.05) is 13.8 Å². The Morgan fingerprint density at radius 1 is 1.75 bits per heavy atom. The maximum Gasteiger partial charge on any atom is 0.0682 e. The Labute approximate surface area is 48.6 Å². The lowest BCUT2D eigenvalue weighted by Crippen LogP contribution is -2.28. The van der Waals surface area contributed by atoms with Gasteiger partial charge in [0, 0.05) is 0 Å². The van der Waals surface area contributed by atoms with E-state index in [-0.39, 0.29) is 0 Å². The van der Waals surface area contributed by atoms with E-state index >= 15 is 0 Å². The van der Waals surface area contributed by atoms with Crippen LogP contribution in [0.3, 0.4) is 0 Å². The Kier molecular flexibility index (Phi) is 3.10. The fourth-order valence-corrected chi connectivity index (χ4v) is 0.407. The molecule has 4 heteroatoms. The first-order valence-electron chi connectivity index (χ1n) is 2.52. The van der Waals surface area contributed by atoms with Crippen molar-refractivity contribution in [1.82, 2.24) is 5.12 Å². The van der Waals surface area contributed by atoms with E-state index in [1.165, 1.54) is 0 Å². The summed E-state index contributed by atoms with van der Waals surface area (Å²) in [4.78, 5) is 9.59. The van der Waals surface area contributed by atoms with Gasteiger partial charge in [-0.3, -0.25) is 0 Å². The molecule has 0 aromatic carbocycles. The lowest BCUT2D eigenvalue weighted by Gasteiger charge is -2.08. The molecule has 0 aliphatic rings. The molecule has 0 rings (SSSR count). The standard InChI is InChI=1S/C4H11N3O/c1-4(2)3-7(5)6-8/h4H,3,5H2,1-2H3. The minimum absolute atomic E-state index is 0.387. The second-order valence-electron chi connectivity index (χ2n) is 2.10. The van der Waals surface area contributed by atoms with Gasteiger partial charge in [-0.2, -0.15) is 5.12 Å². The molecule has 0 radical (unpaired) electrons. The molecular weight excluding hydrogens is 106 g/mol. The first-order valence-corrected chi connectivity index (χ1v) is 2.52. The van der Waals surface area contributed by atoms with Crippen molar-refractivity contribution in [2.75, 3.05) is 6.54 Å². The SMILES string of the molecule is CC(C)CN(N)N=O. The number of hydrogen-bond acceptors (Lipinski definition) is 3. The van der Waals surface area contributed by atoms with Crippen LogP contribution in [0.4, 0.5) is 0 Å². The van der Waals surface area contributed by atoms with Crippen LogP contribution >= 0.6 is 0 Å². The Balaban J connectivity index is 3.23. The first kappa shape index (κ1) is 7.36. The van der Waals surface area contributed by atoms with Crippen LogP contribution in [0.5, 0.6) is 0 Å². The van der Waals surface area contributed by atoms with Crippen molar-refractivity contribution in [3.63, 3.8) is 0 Å². The van der Waals surface area contributed by atoms with Crippen LogP contribution in [0.15, 0.2) is 5.29 Å². The van der Waals surface area contributed by atoms with Crippen LogP contribution in [0.2, 0.25) is 0 Å². The predicted octanol–water partition coefficient (Wildman–Crippen LogP) is 0.500. The molecule has 0 aromatic heterocycles. The van der Waals surface area contributed by atoms with Crippen molar-refractivity contribution in [3.8, 4) is 0 Å². The van der Waals surface area contributed by atoms with Gasteiger partial charge in [0.15, 0.2) is 0 Å². The van der Waals surface area contributed by atoms with Gasteiger partial charge >= 0.3 is 0 Å². The third-order valence-electron chi connectivity index (χ3n) is 0.657. The van der Waals surface area contributed by atoms with E-state index < -0.39 is 0 Å². The van der Waals surface area contributed by atoms with Gasteiger partial charge < -0.3 is 0 Å². The number of nitrogens with two attached hydrogens (primary N) is 1. The molecule has 0 spiro atoms. The third-order valence-corrected chi connectivity index (χ3v) is 0.657. The fraction of sp³-hybridized carbons (Fsp3) is 1.00. The average molecular weight is 117 g/mol. The predicted molar refractivity (Wildman–Crippen MR) is 31.5 cm³/mol. The molecule has 48 valence electrons. The van der Waals surface area contributed by atoms with Gasteiger partial charge in [-0.15, -0.1) is 4.91 Å². The molecule has 0 saturated heterocycles. The molecule has 0 atom stereocenters. The lowest BCUT2D eigenvalue weighted by molar-refractivity contribution is 0.260. The molecule has 0 bridgehead atoms. The maximum absolute atomic E-state index is 9.59. The summed E-state index contributed by atoms with van der Waals surface area (Å²) in [6, 6.07) is 0. The molecule has 0 amide bonds. The van der Waals surface area contributed by atoms with Gasteiger partial charge in [0.05, 0.1) is 11.8 Å². The molecular formula is C4H11N3O. The minimum Gasteiger partial charge on any atom is -0.229 e. The molecule has 0 fully saturated rings. The van der Waals surface area contributed by atoms with Crippen LogP contribution < -0.4 is 5.84 Å². The highest BCUT2D eigenvalue weighted by Gasteiger charge is 1.97. The van der Waals surface area contributed by atoms with E-state index in [9.17, 15) is 4.91 Å². The number of hydrazine groups is 1. The molecule has 0 aliphatic carbocycles. The highest BCUT2D eigenvalue weighted by Crippen LogP contribution is 1.91. The summed E-state index contributed by atoms with van der Waals surface area (Å²) in [6.45, 7) is 4.44. The average Bonchev–Trinajstić information content (AvgIpc) is 1.65. The zero-order valence-corrected chi connectivity index (χ0v) is 5.16. The molecule has 2 N–H and O–H groups in total. The van der Waals surface area contributed by atoms with Gasteiger partial charge in [0.1, 0.15) is 0 Å². The summed E-state index contributed by atoms with van der Waals surface area (Å²) in [5, 5.41) is 3.38. The van der Waals surface area contributed by atoms with E-state index in [0.29, 0.717) is 12.5 Å². The number of nitrogens with zero attached hydrogens (tertiary/aromatic N) is 2. The molecule has 4 nitrogen and oxygen atoms in total. The summed E-state index contributed by atoms with van der Waals surface area (Å²) in [5.41, 5.74) is 0. The molecule has 0 aliphatic heterocycles. The Morgan fingerprint density at radius 2 is 2.25 bits per heavy atom. The van der Waals surface area contributed by atoms with Gasteiger partial charge in [0.2, 0.25) is 0 Å². The largest absolute Gasteiger partial charge is 0.229 e. The second kappa shape index (κ2) is 3.37. The molecule has 0 aromatic rings. The third kappa shape index (κ3) is 3.55. The normalized spacial score (nSPS) is 9.50. The zero-order valence-electron chi connectivity index (χ0n) is 5.16.